The zero-order valence-electron chi connectivity index (χ0n) is 13.5. The van der Waals surface area contributed by atoms with Crippen molar-refractivity contribution in [3.8, 4) is 0 Å². The molecule has 1 atom stereocenters. The number of carbonyl (C=O) groups excluding carboxylic acids is 1. The van der Waals surface area contributed by atoms with Crippen molar-refractivity contribution < 1.29 is 13.9 Å². The van der Waals surface area contributed by atoms with E-state index in [1.54, 1.807) is 6.07 Å². The van der Waals surface area contributed by atoms with Crippen LogP contribution in [-0.2, 0) is 9.53 Å². The Kier molecular flexibility index (Phi) is 4.20. The molecule has 0 aliphatic carbocycles. The van der Waals surface area contributed by atoms with Gasteiger partial charge in [-0.05, 0) is 37.6 Å². The molecule has 0 radical (unpaired) electrons. The van der Waals surface area contributed by atoms with Crippen molar-refractivity contribution in [3.05, 3.63) is 29.8 Å². The van der Waals surface area contributed by atoms with Crippen LogP contribution in [0, 0.1) is 5.82 Å². The maximum absolute atomic E-state index is 13.4. The molecule has 2 aromatic rings. The normalized spacial score (nSPS) is 22.4. The Morgan fingerprint density at radius 3 is 3.00 bits per heavy atom. The average molecular weight is 332 g/mol. The lowest BCUT2D eigenvalue weighted by atomic mass is 10.2. The van der Waals surface area contributed by atoms with E-state index in [2.05, 4.69) is 14.9 Å². The molecular formula is C17H21FN4O2. The monoisotopic (exact) mass is 332 g/mol. The largest absolute Gasteiger partial charge is 0.378 e. The van der Waals surface area contributed by atoms with E-state index in [-0.39, 0.29) is 17.8 Å². The number of imidazole rings is 1. The minimum Gasteiger partial charge on any atom is -0.378 e. The number of carbonyl (C=O) groups is 1. The lowest BCUT2D eigenvalue weighted by Crippen LogP contribution is -2.45. The number of nitrogens with zero attached hydrogens (tertiary/aromatic N) is 3. The first-order valence-electron chi connectivity index (χ1n) is 8.45. The van der Waals surface area contributed by atoms with Crippen LogP contribution in [0.1, 0.15) is 24.7 Å². The average Bonchev–Trinajstić information content (AvgIpc) is 3.21. The summed E-state index contributed by atoms with van der Waals surface area (Å²) in [7, 11) is 0. The van der Waals surface area contributed by atoms with Gasteiger partial charge in [-0.3, -0.25) is 9.69 Å². The van der Waals surface area contributed by atoms with E-state index >= 15 is 0 Å². The maximum atomic E-state index is 13.4. The molecule has 0 spiro atoms. The van der Waals surface area contributed by atoms with Gasteiger partial charge in [0.2, 0.25) is 5.91 Å². The van der Waals surface area contributed by atoms with Crippen LogP contribution in [0.25, 0.3) is 11.0 Å². The number of H-pyrrole nitrogens is 1. The lowest BCUT2D eigenvalue weighted by molar-refractivity contribution is -0.136. The minimum atomic E-state index is -0.275. The summed E-state index contributed by atoms with van der Waals surface area (Å²) in [5.41, 5.74) is 1.47. The lowest BCUT2D eigenvalue weighted by Gasteiger charge is -2.30. The number of likely N-dealkylation sites (tertiary alicyclic amines) is 1. The van der Waals surface area contributed by atoms with Crippen LogP contribution >= 0.6 is 0 Å². The number of nitrogens with one attached hydrogen (secondary N) is 1. The molecule has 2 aliphatic heterocycles. The molecule has 4 rings (SSSR count). The van der Waals surface area contributed by atoms with Gasteiger partial charge in [-0.25, -0.2) is 9.37 Å². The third-order valence-corrected chi connectivity index (χ3v) is 4.84. The van der Waals surface area contributed by atoms with E-state index in [4.69, 9.17) is 4.74 Å². The summed E-state index contributed by atoms with van der Waals surface area (Å²) in [5.74, 6) is 0.693. The van der Waals surface area contributed by atoms with Crippen molar-refractivity contribution in [1.29, 1.82) is 0 Å². The third kappa shape index (κ3) is 3.01. The second kappa shape index (κ2) is 6.49. The number of aromatic amines is 1. The quantitative estimate of drug-likeness (QED) is 0.929. The van der Waals surface area contributed by atoms with Crippen LogP contribution in [0.4, 0.5) is 4.39 Å². The fourth-order valence-corrected chi connectivity index (χ4v) is 3.57. The van der Waals surface area contributed by atoms with Crippen LogP contribution in [0.15, 0.2) is 18.2 Å². The van der Waals surface area contributed by atoms with Crippen molar-refractivity contribution in [1.82, 2.24) is 19.8 Å². The summed E-state index contributed by atoms with van der Waals surface area (Å²) in [6.45, 7) is 3.85. The topological polar surface area (TPSA) is 61.5 Å². The summed E-state index contributed by atoms with van der Waals surface area (Å²) >= 11 is 0. The number of halogens is 1. The minimum absolute atomic E-state index is 0.0884. The zero-order chi connectivity index (χ0) is 16.5. The Morgan fingerprint density at radius 1 is 1.33 bits per heavy atom. The second-order valence-corrected chi connectivity index (χ2v) is 6.41. The van der Waals surface area contributed by atoms with Gasteiger partial charge in [-0.1, -0.05) is 0 Å². The fourth-order valence-electron chi connectivity index (χ4n) is 3.57. The van der Waals surface area contributed by atoms with E-state index < -0.39 is 0 Å². The summed E-state index contributed by atoms with van der Waals surface area (Å²) in [4.78, 5) is 24.4. The van der Waals surface area contributed by atoms with Crippen molar-refractivity contribution in [3.63, 3.8) is 0 Å². The Labute approximate surface area is 139 Å². The molecule has 0 unspecified atom stereocenters. The molecule has 0 bridgehead atoms. The standard InChI is InChI=1S/C17H21FN4O2/c18-12-3-4-13-14(10-12)20-17(19-13)15-2-1-5-22(15)11-16(23)21-6-8-24-9-7-21/h3-4,10,15H,1-2,5-9,11H2,(H,19,20)/t15-/m1/s1. The predicted octanol–water partition coefficient (Wildman–Crippen LogP) is 1.70. The maximum Gasteiger partial charge on any atom is 0.236 e. The molecule has 24 heavy (non-hydrogen) atoms. The van der Waals surface area contributed by atoms with Gasteiger partial charge in [-0.2, -0.15) is 0 Å². The van der Waals surface area contributed by atoms with Gasteiger partial charge >= 0.3 is 0 Å². The predicted molar refractivity (Wildman–Crippen MR) is 87.0 cm³/mol. The number of hydrogen-bond donors (Lipinski definition) is 1. The zero-order valence-corrected chi connectivity index (χ0v) is 13.5. The van der Waals surface area contributed by atoms with Crippen LogP contribution in [0.2, 0.25) is 0 Å². The number of rotatable bonds is 3. The highest BCUT2D eigenvalue weighted by molar-refractivity contribution is 5.78. The molecule has 2 aliphatic rings. The molecule has 0 saturated carbocycles. The van der Waals surface area contributed by atoms with E-state index in [1.165, 1.54) is 12.1 Å². The number of ether oxygens (including phenoxy) is 1. The number of morpholine rings is 1. The van der Waals surface area contributed by atoms with Crippen molar-refractivity contribution in [2.45, 2.75) is 18.9 Å². The summed E-state index contributed by atoms with van der Waals surface area (Å²) in [6.07, 6.45) is 1.99. The molecule has 6 nitrogen and oxygen atoms in total. The molecule has 3 heterocycles. The first-order valence-corrected chi connectivity index (χ1v) is 8.45. The van der Waals surface area contributed by atoms with Gasteiger partial charge in [0.1, 0.15) is 11.6 Å². The van der Waals surface area contributed by atoms with Gasteiger partial charge < -0.3 is 14.6 Å². The third-order valence-electron chi connectivity index (χ3n) is 4.84. The van der Waals surface area contributed by atoms with E-state index in [0.717, 1.165) is 30.7 Å². The summed E-state index contributed by atoms with van der Waals surface area (Å²) in [6, 6.07) is 4.65. The Morgan fingerprint density at radius 2 is 2.17 bits per heavy atom. The van der Waals surface area contributed by atoms with Crippen LogP contribution in [-0.4, -0.2) is 65.1 Å². The number of fused-ring (bicyclic) bond motifs is 1. The molecule has 1 N–H and O–H groups in total. The first kappa shape index (κ1) is 15.5. The number of benzene rings is 1. The van der Waals surface area contributed by atoms with Gasteiger partial charge in [0, 0.05) is 13.1 Å². The molecule has 1 aromatic heterocycles. The highest BCUT2D eigenvalue weighted by Crippen LogP contribution is 2.31. The van der Waals surface area contributed by atoms with Crippen LogP contribution in [0.3, 0.4) is 0 Å². The first-order chi connectivity index (χ1) is 11.7. The summed E-state index contributed by atoms with van der Waals surface area (Å²) in [5, 5.41) is 0. The van der Waals surface area contributed by atoms with Crippen LogP contribution < -0.4 is 0 Å². The van der Waals surface area contributed by atoms with Crippen molar-refractivity contribution in [2.75, 3.05) is 39.4 Å². The van der Waals surface area contributed by atoms with Gasteiger partial charge in [0.05, 0.1) is 36.8 Å². The SMILES string of the molecule is O=C(CN1CCC[C@@H]1c1nc2ccc(F)cc2[nH]1)N1CCOCC1. The molecular weight excluding hydrogens is 311 g/mol. The van der Waals surface area contributed by atoms with Gasteiger partial charge in [-0.15, -0.1) is 0 Å². The van der Waals surface area contributed by atoms with E-state index in [1.807, 2.05) is 4.90 Å². The Balaban J connectivity index is 1.50. The van der Waals surface area contributed by atoms with Gasteiger partial charge in [0.15, 0.2) is 0 Å². The van der Waals surface area contributed by atoms with E-state index in [0.29, 0.717) is 38.4 Å². The highest BCUT2D eigenvalue weighted by Gasteiger charge is 2.31. The molecule has 2 saturated heterocycles. The molecule has 2 fully saturated rings. The van der Waals surface area contributed by atoms with Crippen molar-refractivity contribution >= 4 is 16.9 Å². The molecule has 7 heteroatoms. The van der Waals surface area contributed by atoms with Gasteiger partial charge in [0.25, 0.3) is 0 Å². The number of amides is 1. The summed E-state index contributed by atoms with van der Waals surface area (Å²) < 4.78 is 18.7. The molecule has 1 amide bonds. The number of hydrogen-bond acceptors (Lipinski definition) is 4. The number of aromatic nitrogens is 2. The smallest absolute Gasteiger partial charge is 0.236 e. The fraction of sp³-hybridized carbons (Fsp3) is 0.529. The molecule has 1 aromatic carbocycles. The Hall–Kier alpha value is -1.99. The van der Waals surface area contributed by atoms with E-state index in [9.17, 15) is 9.18 Å². The molecule has 128 valence electrons. The second-order valence-electron chi connectivity index (χ2n) is 6.41. The Bertz CT molecular complexity index is 741. The highest BCUT2D eigenvalue weighted by atomic mass is 19.1. The van der Waals surface area contributed by atoms with Crippen LogP contribution in [0.5, 0.6) is 0 Å². The van der Waals surface area contributed by atoms with Crippen molar-refractivity contribution in [2.24, 2.45) is 0 Å².